The van der Waals surface area contributed by atoms with Crippen molar-refractivity contribution in [3.63, 3.8) is 0 Å². The molecule has 0 atom stereocenters. The minimum Gasteiger partial charge on any atom is -0.265 e. The summed E-state index contributed by atoms with van der Waals surface area (Å²) in [5, 5.41) is 0. The molecule has 0 spiro atoms. The highest BCUT2D eigenvalue weighted by molar-refractivity contribution is 5.23. The Balaban J connectivity index is 2.16. The number of benzene rings is 1. The first-order chi connectivity index (χ1) is 6.45. The maximum absolute atomic E-state index is 3.98. The minimum absolute atomic E-state index is 0.958. The summed E-state index contributed by atoms with van der Waals surface area (Å²) in [7, 11) is 0. The van der Waals surface area contributed by atoms with Crippen LogP contribution in [0.2, 0.25) is 0 Å². The Kier molecular flexibility index (Phi) is 2.37. The lowest BCUT2D eigenvalue weighted by Gasteiger charge is -1.99. The van der Waals surface area contributed by atoms with Gasteiger partial charge in [-0.1, -0.05) is 24.3 Å². The molecule has 1 heteroatoms. The summed E-state index contributed by atoms with van der Waals surface area (Å²) in [4.78, 5) is 3.98. The Bertz CT molecular complexity index is 316. The van der Waals surface area contributed by atoms with Crippen molar-refractivity contribution in [2.24, 2.45) is 0 Å². The van der Waals surface area contributed by atoms with Gasteiger partial charge in [-0.3, -0.25) is 4.98 Å². The van der Waals surface area contributed by atoms with Crippen LogP contribution in [0.3, 0.4) is 0 Å². The molecule has 0 N–H and O–H groups in total. The summed E-state index contributed by atoms with van der Waals surface area (Å²) >= 11 is 0. The van der Waals surface area contributed by atoms with E-state index in [1.807, 2.05) is 42.7 Å². The molecule has 0 aliphatic carbocycles. The first-order valence-electron chi connectivity index (χ1n) is 4.29. The predicted octanol–water partition coefficient (Wildman–Crippen LogP) is 2.47. The number of hydrogen-bond acceptors (Lipinski definition) is 1. The Morgan fingerprint density at radius 1 is 1.08 bits per heavy atom. The molecule has 2 rings (SSSR count). The van der Waals surface area contributed by atoms with E-state index in [0.717, 1.165) is 6.42 Å². The van der Waals surface area contributed by atoms with E-state index in [2.05, 4.69) is 17.1 Å². The smallest absolute Gasteiger partial charge is 0.0270 e. The van der Waals surface area contributed by atoms with Crippen LogP contribution in [-0.2, 0) is 6.42 Å². The van der Waals surface area contributed by atoms with Crippen molar-refractivity contribution in [3.05, 3.63) is 66.0 Å². The van der Waals surface area contributed by atoms with E-state index in [1.165, 1.54) is 11.1 Å². The van der Waals surface area contributed by atoms with Gasteiger partial charge in [0, 0.05) is 12.4 Å². The fourth-order valence-corrected chi connectivity index (χ4v) is 1.28. The van der Waals surface area contributed by atoms with E-state index < -0.39 is 0 Å². The maximum atomic E-state index is 3.98. The molecule has 63 valence electrons. The van der Waals surface area contributed by atoms with Crippen LogP contribution in [0.25, 0.3) is 0 Å². The monoisotopic (exact) mass is 168 g/mol. The maximum Gasteiger partial charge on any atom is 0.0270 e. The number of hydrogen-bond donors (Lipinski definition) is 0. The first-order valence-corrected chi connectivity index (χ1v) is 4.29. The van der Waals surface area contributed by atoms with Crippen LogP contribution in [0.1, 0.15) is 11.1 Å². The average Bonchev–Trinajstić information content (AvgIpc) is 2.21. The molecule has 1 aromatic heterocycles. The van der Waals surface area contributed by atoms with Crippen molar-refractivity contribution in [1.29, 1.82) is 0 Å². The molecule has 0 bridgehead atoms. The van der Waals surface area contributed by atoms with Crippen molar-refractivity contribution in [2.45, 2.75) is 6.42 Å². The SMILES string of the molecule is [c]1cccc(Cc2ccncc2)c1. The molecule has 1 heterocycles. The highest BCUT2D eigenvalue weighted by Gasteiger charge is 1.93. The summed E-state index contributed by atoms with van der Waals surface area (Å²) in [6.07, 6.45) is 4.60. The van der Waals surface area contributed by atoms with E-state index in [0.29, 0.717) is 0 Å². The van der Waals surface area contributed by atoms with Gasteiger partial charge in [0.2, 0.25) is 0 Å². The number of nitrogens with zero attached hydrogens (tertiary/aromatic N) is 1. The van der Waals surface area contributed by atoms with Crippen LogP contribution in [0.15, 0.2) is 48.8 Å². The van der Waals surface area contributed by atoms with Gasteiger partial charge in [-0.25, -0.2) is 0 Å². The van der Waals surface area contributed by atoms with Crippen LogP contribution in [0, 0.1) is 6.07 Å². The molecule has 0 saturated heterocycles. The highest BCUT2D eigenvalue weighted by atomic mass is 14.6. The van der Waals surface area contributed by atoms with Gasteiger partial charge in [-0.15, -0.1) is 0 Å². The van der Waals surface area contributed by atoms with Gasteiger partial charge in [0.15, 0.2) is 0 Å². The van der Waals surface area contributed by atoms with Crippen molar-refractivity contribution in [1.82, 2.24) is 4.98 Å². The van der Waals surface area contributed by atoms with Gasteiger partial charge >= 0.3 is 0 Å². The summed E-state index contributed by atoms with van der Waals surface area (Å²) in [5.74, 6) is 0. The Morgan fingerprint density at radius 3 is 2.62 bits per heavy atom. The molecule has 0 aliphatic rings. The molecular formula is C12H10N. The molecule has 2 aromatic rings. The highest BCUT2D eigenvalue weighted by Crippen LogP contribution is 2.06. The zero-order chi connectivity index (χ0) is 8.93. The van der Waals surface area contributed by atoms with Crippen molar-refractivity contribution >= 4 is 0 Å². The third-order valence-corrected chi connectivity index (χ3v) is 1.93. The molecule has 1 aromatic carbocycles. The second kappa shape index (κ2) is 3.85. The Hall–Kier alpha value is -1.63. The third kappa shape index (κ3) is 2.15. The Morgan fingerprint density at radius 2 is 1.92 bits per heavy atom. The fourth-order valence-electron chi connectivity index (χ4n) is 1.28. The molecule has 0 unspecified atom stereocenters. The minimum atomic E-state index is 0.958. The average molecular weight is 168 g/mol. The number of rotatable bonds is 2. The van der Waals surface area contributed by atoms with Crippen molar-refractivity contribution in [3.8, 4) is 0 Å². The van der Waals surface area contributed by atoms with Crippen molar-refractivity contribution in [2.75, 3.05) is 0 Å². The number of pyridine rings is 1. The van der Waals surface area contributed by atoms with Crippen LogP contribution in [0.4, 0.5) is 0 Å². The van der Waals surface area contributed by atoms with E-state index in [1.54, 1.807) is 0 Å². The van der Waals surface area contributed by atoms with Gasteiger partial charge in [0.1, 0.15) is 0 Å². The standard InChI is InChI=1S/C12H10N/c1-2-4-11(5-3-1)10-12-6-8-13-9-7-12/h1-2,4-9H,10H2. The summed E-state index contributed by atoms with van der Waals surface area (Å²) in [6, 6.07) is 15.2. The van der Waals surface area contributed by atoms with Crippen LogP contribution in [-0.4, -0.2) is 4.98 Å². The fraction of sp³-hybridized carbons (Fsp3) is 0.0833. The lowest BCUT2D eigenvalue weighted by molar-refractivity contribution is 1.16. The molecule has 1 radical (unpaired) electrons. The predicted molar refractivity (Wildman–Crippen MR) is 52.3 cm³/mol. The summed E-state index contributed by atoms with van der Waals surface area (Å²) < 4.78 is 0. The first kappa shape index (κ1) is 7.99. The van der Waals surface area contributed by atoms with E-state index in [-0.39, 0.29) is 0 Å². The van der Waals surface area contributed by atoms with E-state index in [9.17, 15) is 0 Å². The molecule has 0 fully saturated rings. The van der Waals surface area contributed by atoms with Crippen molar-refractivity contribution < 1.29 is 0 Å². The second-order valence-corrected chi connectivity index (χ2v) is 2.94. The van der Waals surface area contributed by atoms with Crippen LogP contribution < -0.4 is 0 Å². The lowest BCUT2D eigenvalue weighted by Crippen LogP contribution is -1.86. The molecule has 0 aliphatic heterocycles. The summed E-state index contributed by atoms with van der Waals surface area (Å²) in [6.45, 7) is 0. The molecular weight excluding hydrogens is 158 g/mol. The van der Waals surface area contributed by atoms with Gasteiger partial charge in [0.25, 0.3) is 0 Å². The van der Waals surface area contributed by atoms with E-state index >= 15 is 0 Å². The zero-order valence-corrected chi connectivity index (χ0v) is 7.27. The normalized spacial score (nSPS) is 9.85. The quantitative estimate of drug-likeness (QED) is 0.671. The van der Waals surface area contributed by atoms with E-state index in [4.69, 9.17) is 0 Å². The van der Waals surface area contributed by atoms with Crippen LogP contribution >= 0.6 is 0 Å². The summed E-state index contributed by atoms with van der Waals surface area (Å²) in [5.41, 5.74) is 2.57. The van der Waals surface area contributed by atoms with Gasteiger partial charge < -0.3 is 0 Å². The van der Waals surface area contributed by atoms with Gasteiger partial charge in [0.05, 0.1) is 0 Å². The zero-order valence-electron chi connectivity index (χ0n) is 7.27. The third-order valence-electron chi connectivity index (χ3n) is 1.93. The lowest BCUT2D eigenvalue weighted by atomic mass is 10.1. The topological polar surface area (TPSA) is 12.9 Å². The largest absolute Gasteiger partial charge is 0.265 e. The van der Waals surface area contributed by atoms with Gasteiger partial charge in [-0.2, -0.15) is 0 Å². The second-order valence-electron chi connectivity index (χ2n) is 2.94. The molecule has 0 amide bonds. The Labute approximate surface area is 78.1 Å². The molecule has 0 saturated carbocycles. The van der Waals surface area contributed by atoms with Crippen LogP contribution in [0.5, 0.6) is 0 Å². The number of aromatic nitrogens is 1. The molecule has 1 nitrogen and oxygen atoms in total. The molecule has 13 heavy (non-hydrogen) atoms. The van der Waals surface area contributed by atoms with Gasteiger partial charge in [-0.05, 0) is 35.7 Å².